The van der Waals surface area contributed by atoms with Crippen molar-refractivity contribution in [3.8, 4) is 18.1 Å². The molecule has 4 rings (SSSR count). The van der Waals surface area contributed by atoms with Gasteiger partial charge in [-0.25, -0.2) is 0 Å². The van der Waals surface area contributed by atoms with Crippen LogP contribution in [-0.2, 0) is 4.79 Å². The van der Waals surface area contributed by atoms with Crippen molar-refractivity contribution in [2.24, 2.45) is 0 Å². The first kappa shape index (κ1) is 17.2. The van der Waals surface area contributed by atoms with Crippen LogP contribution >= 0.6 is 0 Å². The third-order valence-electron chi connectivity index (χ3n) is 5.11. The van der Waals surface area contributed by atoms with Crippen LogP contribution in [0.1, 0.15) is 30.4 Å². The van der Waals surface area contributed by atoms with Crippen molar-refractivity contribution in [1.29, 1.82) is 0 Å². The lowest BCUT2D eigenvalue weighted by Gasteiger charge is -2.34. The van der Waals surface area contributed by atoms with Gasteiger partial charge in [0.15, 0.2) is 0 Å². The molecule has 0 spiro atoms. The van der Waals surface area contributed by atoms with E-state index in [0.717, 1.165) is 17.0 Å². The van der Waals surface area contributed by atoms with Crippen LogP contribution in [0.15, 0.2) is 60.7 Å². The minimum absolute atomic E-state index is 0.00306. The van der Waals surface area contributed by atoms with Crippen molar-refractivity contribution in [2.75, 3.05) is 18.1 Å². The number of benzene rings is 3. The molecule has 1 unspecified atom stereocenters. The third kappa shape index (κ3) is 3.04. The molecule has 0 saturated carbocycles. The first-order valence-electron chi connectivity index (χ1n) is 9.21. The maximum absolute atomic E-state index is 12.8. The summed E-state index contributed by atoms with van der Waals surface area (Å²) < 4.78 is 5.56. The molecule has 3 nitrogen and oxygen atoms in total. The Labute approximate surface area is 159 Å². The van der Waals surface area contributed by atoms with E-state index in [1.807, 2.05) is 37.3 Å². The molecule has 134 valence electrons. The summed E-state index contributed by atoms with van der Waals surface area (Å²) in [7, 11) is 0. The van der Waals surface area contributed by atoms with Gasteiger partial charge in [0.2, 0.25) is 5.91 Å². The van der Waals surface area contributed by atoms with Gasteiger partial charge in [-0.15, -0.1) is 6.42 Å². The highest BCUT2D eigenvalue weighted by Gasteiger charge is 2.33. The van der Waals surface area contributed by atoms with Gasteiger partial charge in [0.05, 0.1) is 13.2 Å². The maximum Gasteiger partial charge on any atom is 0.228 e. The Morgan fingerprint density at radius 2 is 1.89 bits per heavy atom. The Hall–Kier alpha value is -3.25. The van der Waals surface area contributed by atoms with Gasteiger partial charge in [0.1, 0.15) is 5.75 Å². The van der Waals surface area contributed by atoms with E-state index in [0.29, 0.717) is 19.6 Å². The normalized spacial score (nSPS) is 16.1. The van der Waals surface area contributed by atoms with Gasteiger partial charge in [-0.3, -0.25) is 4.79 Å². The summed E-state index contributed by atoms with van der Waals surface area (Å²) in [6.07, 6.45) is 5.94. The molecule has 1 aliphatic rings. The topological polar surface area (TPSA) is 29.5 Å². The average Bonchev–Trinajstić information content (AvgIpc) is 2.70. The summed E-state index contributed by atoms with van der Waals surface area (Å²) >= 11 is 0. The number of hydrogen-bond acceptors (Lipinski definition) is 2. The Morgan fingerprint density at radius 1 is 1.11 bits per heavy atom. The van der Waals surface area contributed by atoms with Gasteiger partial charge < -0.3 is 9.64 Å². The number of carbonyl (C=O) groups excluding carboxylic acids is 1. The molecule has 0 aliphatic carbocycles. The van der Waals surface area contributed by atoms with Gasteiger partial charge in [0, 0.05) is 18.0 Å². The van der Waals surface area contributed by atoms with Crippen LogP contribution in [0.2, 0.25) is 0 Å². The SMILES string of the molecule is C#CCN1C(=O)CC(c2ccc(OCC)cc2)c2c1ccc1ccccc21. The molecule has 0 aromatic heterocycles. The van der Waals surface area contributed by atoms with Gasteiger partial charge >= 0.3 is 0 Å². The number of terminal acetylenes is 1. The Morgan fingerprint density at radius 3 is 2.63 bits per heavy atom. The molecule has 0 N–H and O–H groups in total. The fraction of sp³-hybridized carbons (Fsp3) is 0.208. The summed E-state index contributed by atoms with van der Waals surface area (Å²) in [5.41, 5.74) is 3.21. The number of anilines is 1. The predicted octanol–water partition coefficient (Wildman–Crippen LogP) is 4.74. The zero-order chi connectivity index (χ0) is 18.8. The molecular weight excluding hydrogens is 334 g/mol. The number of amides is 1. The van der Waals surface area contributed by atoms with Crippen molar-refractivity contribution in [3.05, 3.63) is 71.8 Å². The summed E-state index contributed by atoms with van der Waals surface area (Å²) in [6.45, 7) is 2.89. The predicted molar refractivity (Wildman–Crippen MR) is 109 cm³/mol. The molecule has 3 aromatic carbocycles. The van der Waals surface area contributed by atoms with Crippen LogP contribution in [0.4, 0.5) is 5.69 Å². The van der Waals surface area contributed by atoms with Gasteiger partial charge in [-0.2, -0.15) is 0 Å². The highest BCUT2D eigenvalue weighted by molar-refractivity contribution is 6.03. The maximum atomic E-state index is 12.8. The van der Waals surface area contributed by atoms with Crippen LogP contribution in [0.3, 0.4) is 0 Å². The minimum atomic E-state index is 0.00306. The first-order valence-corrected chi connectivity index (χ1v) is 9.21. The number of rotatable bonds is 4. The van der Waals surface area contributed by atoms with Crippen LogP contribution in [0.5, 0.6) is 5.75 Å². The molecule has 1 amide bonds. The van der Waals surface area contributed by atoms with Crippen LogP contribution < -0.4 is 9.64 Å². The lowest BCUT2D eigenvalue weighted by molar-refractivity contribution is -0.119. The van der Waals surface area contributed by atoms with Gasteiger partial charge in [0.25, 0.3) is 0 Å². The average molecular weight is 355 g/mol. The van der Waals surface area contributed by atoms with E-state index in [9.17, 15) is 4.79 Å². The Balaban J connectivity index is 1.89. The summed E-state index contributed by atoms with van der Waals surface area (Å²) in [4.78, 5) is 14.6. The van der Waals surface area contributed by atoms with Crippen molar-refractivity contribution in [1.82, 2.24) is 0 Å². The fourth-order valence-corrected chi connectivity index (χ4v) is 3.92. The van der Waals surface area contributed by atoms with Gasteiger partial charge in [-0.1, -0.05) is 48.4 Å². The largest absolute Gasteiger partial charge is 0.494 e. The molecule has 1 atom stereocenters. The van der Waals surface area contributed by atoms with Crippen molar-refractivity contribution >= 4 is 22.4 Å². The Kier molecular flexibility index (Phi) is 4.56. The van der Waals surface area contributed by atoms with Crippen molar-refractivity contribution in [2.45, 2.75) is 19.3 Å². The second-order valence-electron chi connectivity index (χ2n) is 6.66. The standard InChI is InChI=1S/C24H21NO2/c1-3-15-25-22-14-11-17-7-5-6-8-20(17)24(22)21(16-23(25)26)18-9-12-19(13-10-18)27-4-2/h1,5-14,21H,4,15-16H2,2H3. The number of ether oxygens (including phenoxy) is 1. The molecule has 1 heterocycles. The molecule has 0 fully saturated rings. The van der Waals surface area contributed by atoms with Crippen LogP contribution in [0, 0.1) is 12.3 Å². The van der Waals surface area contributed by atoms with E-state index in [1.165, 1.54) is 16.3 Å². The third-order valence-corrected chi connectivity index (χ3v) is 5.11. The number of carbonyl (C=O) groups is 1. The van der Waals surface area contributed by atoms with Crippen LogP contribution in [-0.4, -0.2) is 19.1 Å². The number of fused-ring (bicyclic) bond motifs is 3. The lowest BCUT2D eigenvalue weighted by atomic mass is 9.81. The van der Waals surface area contributed by atoms with Crippen molar-refractivity contribution in [3.63, 3.8) is 0 Å². The lowest BCUT2D eigenvalue weighted by Crippen LogP contribution is -2.37. The first-order chi connectivity index (χ1) is 13.2. The Bertz CT molecular complexity index is 1030. The molecule has 1 aliphatic heterocycles. The zero-order valence-corrected chi connectivity index (χ0v) is 15.3. The second-order valence-corrected chi connectivity index (χ2v) is 6.66. The monoisotopic (exact) mass is 355 g/mol. The van der Waals surface area contributed by atoms with E-state index in [2.05, 4.69) is 36.3 Å². The van der Waals surface area contributed by atoms with E-state index in [4.69, 9.17) is 11.2 Å². The number of hydrogen-bond donors (Lipinski definition) is 0. The molecule has 0 radical (unpaired) electrons. The van der Waals surface area contributed by atoms with E-state index >= 15 is 0 Å². The fourth-order valence-electron chi connectivity index (χ4n) is 3.92. The summed E-state index contributed by atoms with van der Waals surface area (Å²) in [5, 5.41) is 2.34. The molecule has 0 bridgehead atoms. The van der Waals surface area contributed by atoms with Gasteiger partial charge in [-0.05, 0) is 47.0 Å². The molecule has 27 heavy (non-hydrogen) atoms. The van der Waals surface area contributed by atoms with Crippen LogP contribution in [0.25, 0.3) is 10.8 Å². The minimum Gasteiger partial charge on any atom is -0.494 e. The highest BCUT2D eigenvalue weighted by atomic mass is 16.5. The number of nitrogens with zero attached hydrogens (tertiary/aromatic N) is 1. The highest BCUT2D eigenvalue weighted by Crippen LogP contribution is 2.44. The summed E-state index contributed by atoms with van der Waals surface area (Å²) in [5.74, 6) is 3.53. The molecule has 3 heteroatoms. The quantitative estimate of drug-likeness (QED) is 0.633. The van der Waals surface area contributed by atoms with E-state index < -0.39 is 0 Å². The van der Waals surface area contributed by atoms with E-state index in [-0.39, 0.29) is 11.8 Å². The smallest absolute Gasteiger partial charge is 0.228 e. The zero-order valence-electron chi connectivity index (χ0n) is 15.3. The molecular formula is C24H21NO2. The van der Waals surface area contributed by atoms with Crippen molar-refractivity contribution < 1.29 is 9.53 Å². The summed E-state index contributed by atoms with van der Waals surface area (Å²) in [6, 6.07) is 20.5. The second kappa shape index (κ2) is 7.17. The molecule has 3 aromatic rings. The van der Waals surface area contributed by atoms with E-state index in [1.54, 1.807) is 4.90 Å². The molecule has 0 saturated heterocycles.